The summed E-state index contributed by atoms with van der Waals surface area (Å²) in [5.74, 6) is -1.39. The molecule has 0 aliphatic rings. The third-order valence-electron chi connectivity index (χ3n) is 5.43. The maximum atomic E-state index is 12.7. The van der Waals surface area contributed by atoms with E-state index in [1.54, 1.807) is 49.0 Å². The first kappa shape index (κ1) is 24.6. The SMILES string of the molecule is Cc1ccc(CC(=O)c2nccn2C/C=C/c2cccc(C(=O)N[C@H](C(=O)O)C(C)C)c2)cc1. The molecule has 0 unspecified atom stereocenters. The van der Waals surface area contributed by atoms with Crippen molar-refractivity contribution in [3.63, 3.8) is 0 Å². The number of carbonyl (C=O) groups excluding carboxylic acids is 2. The number of carboxylic acids is 1. The average Bonchev–Trinajstić information content (AvgIpc) is 3.27. The molecule has 1 heterocycles. The van der Waals surface area contributed by atoms with Gasteiger partial charge in [0.2, 0.25) is 5.78 Å². The number of allylic oxidation sites excluding steroid dienone is 1. The third kappa shape index (κ3) is 6.51. The van der Waals surface area contributed by atoms with Crippen molar-refractivity contribution in [2.75, 3.05) is 0 Å². The Morgan fingerprint density at radius 2 is 1.85 bits per heavy atom. The van der Waals surface area contributed by atoms with E-state index in [1.165, 1.54) is 0 Å². The lowest BCUT2D eigenvalue weighted by Crippen LogP contribution is -2.44. The van der Waals surface area contributed by atoms with Crippen LogP contribution in [0.3, 0.4) is 0 Å². The highest BCUT2D eigenvalue weighted by atomic mass is 16.4. The molecule has 0 aliphatic carbocycles. The fourth-order valence-corrected chi connectivity index (χ4v) is 3.50. The number of benzene rings is 2. The number of aryl methyl sites for hydroxylation is 1. The van der Waals surface area contributed by atoms with Crippen LogP contribution >= 0.6 is 0 Å². The van der Waals surface area contributed by atoms with Crippen LogP contribution in [-0.2, 0) is 17.8 Å². The number of nitrogens with zero attached hydrogens (tertiary/aromatic N) is 2. The van der Waals surface area contributed by atoms with Crippen molar-refractivity contribution in [1.29, 1.82) is 0 Å². The first-order valence-electron chi connectivity index (χ1n) is 11.1. The molecule has 34 heavy (non-hydrogen) atoms. The van der Waals surface area contributed by atoms with Gasteiger partial charge in [0.25, 0.3) is 5.91 Å². The second-order valence-electron chi connectivity index (χ2n) is 8.55. The molecule has 176 valence electrons. The maximum Gasteiger partial charge on any atom is 0.326 e. The quantitative estimate of drug-likeness (QED) is 0.443. The number of aliphatic carboxylic acids is 1. The summed E-state index contributed by atoms with van der Waals surface area (Å²) >= 11 is 0. The molecule has 2 aromatic carbocycles. The zero-order chi connectivity index (χ0) is 24.7. The Labute approximate surface area is 199 Å². The smallest absolute Gasteiger partial charge is 0.326 e. The molecule has 0 fully saturated rings. The van der Waals surface area contributed by atoms with Gasteiger partial charge in [0.05, 0.1) is 0 Å². The molecule has 3 rings (SSSR count). The molecule has 0 bridgehead atoms. The first-order valence-corrected chi connectivity index (χ1v) is 11.1. The summed E-state index contributed by atoms with van der Waals surface area (Å²) in [4.78, 5) is 40.8. The molecule has 2 N–H and O–H groups in total. The number of imidazole rings is 1. The van der Waals surface area contributed by atoms with Crippen LogP contribution in [0, 0.1) is 12.8 Å². The number of carbonyl (C=O) groups is 3. The van der Waals surface area contributed by atoms with Gasteiger partial charge in [0, 0.05) is 30.9 Å². The van der Waals surface area contributed by atoms with E-state index in [1.807, 2.05) is 49.4 Å². The minimum absolute atomic E-state index is 0.0564. The third-order valence-corrected chi connectivity index (χ3v) is 5.43. The van der Waals surface area contributed by atoms with Gasteiger partial charge in [-0.15, -0.1) is 0 Å². The summed E-state index contributed by atoms with van der Waals surface area (Å²) in [7, 11) is 0. The van der Waals surface area contributed by atoms with E-state index in [2.05, 4.69) is 10.3 Å². The van der Waals surface area contributed by atoms with Crippen molar-refractivity contribution in [2.24, 2.45) is 5.92 Å². The molecule has 7 nitrogen and oxygen atoms in total. The Hall–Kier alpha value is -4.00. The standard InChI is InChI=1S/C27H29N3O4/c1-18(2)24(27(33)34)29-26(32)22-8-4-6-20(16-22)7-5-14-30-15-13-28-25(30)23(31)17-21-11-9-19(3)10-12-21/h4-13,15-16,18,24H,14,17H2,1-3H3,(H,29,32)(H,33,34)/b7-5+/t24-/m0/s1. The van der Waals surface area contributed by atoms with E-state index in [9.17, 15) is 19.5 Å². The average molecular weight is 460 g/mol. The van der Waals surface area contributed by atoms with Gasteiger partial charge >= 0.3 is 5.97 Å². The molecular formula is C27H29N3O4. The number of carboxylic acid groups (broad SMARTS) is 1. The molecule has 3 aromatic rings. The predicted octanol–water partition coefficient (Wildman–Crippen LogP) is 4.17. The number of hydrogen-bond acceptors (Lipinski definition) is 4. The molecule has 0 radical (unpaired) electrons. The molecule has 0 saturated heterocycles. The molecule has 7 heteroatoms. The van der Waals surface area contributed by atoms with Crippen LogP contribution in [0.1, 0.15) is 51.5 Å². The van der Waals surface area contributed by atoms with Crippen molar-refractivity contribution in [2.45, 2.75) is 39.8 Å². The number of nitrogens with one attached hydrogen (secondary N) is 1. The van der Waals surface area contributed by atoms with Crippen molar-refractivity contribution in [1.82, 2.24) is 14.9 Å². The monoisotopic (exact) mass is 459 g/mol. The molecule has 0 aliphatic heterocycles. The number of aromatic nitrogens is 2. The molecule has 1 amide bonds. The summed E-state index contributed by atoms with van der Waals surface area (Å²) < 4.78 is 1.78. The van der Waals surface area contributed by atoms with Gasteiger partial charge in [-0.1, -0.05) is 68.0 Å². The lowest BCUT2D eigenvalue weighted by atomic mass is 10.0. The zero-order valence-electron chi connectivity index (χ0n) is 19.6. The second-order valence-corrected chi connectivity index (χ2v) is 8.55. The lowest BCUT2D eigenvalue weighted by molar-refractivity contribution is -0.140. The summed E-state index contributed by atoms with van der Waals surface area (Å²) in [6.07, 6.45) is 7.38. The fraction of sp³-hybridized carbons (Fsp3) is 0.259. The van der Waals surface area contributed by atoms with Gasteiger partial charge in [0.15, 0.2) is 5.82 Å². The van der Waals surface area contributed by atoms with Gasteiger partial charge in [0.1, 0.15) is 6.04 Å². The zero-order valence-corrected chi connectivity index (χ0v) is 19.6. The first-order chi connectivity index (χ1) is 16.2. The minimum atomic E-state index is -1.06. The van der Waals surface area contributed by atoms with Crippen molar-refractivity contribution < 1.29 is 19.5 Å². The Bertz CT molecular complexity index is 1190. The van der Waals surface area contributed by atoms with Crippen LogP contribution in [0.4, 0.5) is 0 Å². The van der Waals surface area contributed by atoms with Crippen LogP contribution in [0.15, 0.2) is 67.0 Å². The van der Waals surface area contributed by atoms with Crippen molar-refractivity contribution >= 4 is 23.7 Å². The molecule has 0 saturated carbocycles. The number of amides is 1. The van der Waals surface area contributed by atoms with Crippen molar-refractivity contribution in [3.05, 3.63) is 95.1 Å². The summed E-state index contributed by atoms with van der Waals surface area (Å²) in [5.41, 5.74) is 3.26. The molecule has 0 spiro atoms. The Morgan fingerprint density at radius 3 is 2.53 bits per heavy atom. The van der Waals surface area contributed by atoms with Crippen LogP contribution in [0.25, 0.3) is 6.08 Å². The Balaban J connectivity index is 1.65. The van der Waals surface area contributed by atoms with Crippen molar-refractivity contribution in [3.8, 4) is 0 Å². The van der Waals surface area contributed by atoms with E-state index >= 15 is 0 Å². The van der Waals surface area contributed by atoms with Gasteiger partial charge < -0.3 is 15.0 Å². The maximum absolute atomic E-state index is 12.7. The van der Waals surface area contributed by atoms with Crippen LogP contribution in [-0.4, -0.2) is 38.4 Å². The highest BCUT2D eigenvalue weighted by molar-refractivity contribution is 5.97. The van der Waals surface area contributed by atoms with E-state index in [0.717, 1.165) is 16.7 Å². The summed E-state index contributed by atoms with van der Waals surface area (Å²) in [6.45, 7) is 5.94. The van der Waals surface area contributed by atoms with Gasteiger partial charge in [-0.25, -0.2) is 9.78 Å². The minimum Gasteiger partial charge on any atom is -0.480 e. The van der Waals surface area contributed by atoms with Gasteiger partial charge in [-0.3, -0.25) is 9.59 Å². The van der Waals surface area contributed by atoms with E-state index in [-0.39, 0.29) is 18.1 Å². The normalized spacial score (nSPS) is 12.1. The lowest BCUT2D eigenvalue weighted by Gasteiger charge is -2.18. The summed E-state index contributed by atoms with van der Waals surface area (Å²) in [5, 5.41) is 11.9. The van der Waals surface area contributed by atoms with Crippen LogP contribution in [0.5, 0.6) is 0 Å². The van der Waals surface area contributed by atoms with Gasteiger partial charge in [-0.2, -0.15) is 0 Å². The number of ketones is 1. The van der Waals surface area contributed by atoms with Gasteiger partial charge in [-0.05, 0) is 36.1 Å². The van der Waals surface area contributed by atoms with E-state index in [4.69, 9.17) is 0 Å². The molecule has 1 atom stereocenters. The number of hydrogen-bond donors (Lipinski definition) is 2. The molecule has 1 aromatic heterocycles. The Kier molecular flexibility index (Phi) is 8.14. The largest absolute Gasteiger partial charge is 0.480 e. The number of rotatable bonds is 10. The highest BCUT2D eigenvalue weighted by Crippen LogP contribution is 2.11. The van der Waals surface area contributed by atoms with Crippen LogP contribution < -0.4 is 5.32 Å². The summed E-state index contributed by atoms with van der Waals surface area (Å²) in [6, 6.07) is 13.8. The topological polar surface area (TPSA) is 101 Å². The predicted molar refractivity (Wildman–Crippen MR) is 131 cm³/mol. The fourth-order valence-electron chi connectivity index (χ4n) is 3.50. The second kappa shape index (κ2) is 11.2. The molecular weight excluding hydrogens is 430 g/mol. The van der Waals surface area contributed by atoms with E-state index in [0.29, 0.717) is 17.9 Å². The van der Waals surface area contributed by atoms with Crippen LogP contribution in [0.2, 0.25) is 0 Å². The Morgan fingerprint density at radius 1 is 1.12 bits per heavy atom. The highest BCUT2D eigenvalue weighted by Gasteiger charge is 2.23. The number of Topliss-reactive ketones (excluding diaryl/α,β-unsaturated/α-hetero) is 1. The van der Waals surface area contributed by atoms with E-state index < -0.39 is 17.9 Å².